The number of rotatable bonds is 6. The van der Waals surface area contributed by atoms with Crippen LogP contribution >= 0.6 is 0 Å². The number of ether oxygens (including phenoxy) is 1. The van der Waals surface area contributed by atoms with Gasteiger partial charge in [-0.15, -0.1) is 0 Å². The number of esters is 1. The highest BCUT2D eigenvalue weighted by Crippen LogP contribution is 2.65. The van der Waals surface area contributed by atoms with Gasteiger partial charge in [0.05, 0.1) is 11.5 Å². The summed E-state index contributed by atoms with van der Waals surface area (Å²) in [7, 11) is 0. The van der Waals surface area contributed by atoms with Crippen LogP contribution in [0.2, 0.25) is 0 Å². The average molecular weight is 305 g/mol. The number of benzene rings is 1. The largest absolute Gasteiger partial charge is 0.465 e. The van der Waals surface area contributed by atoms with Gasteiger partial charge in [-0.2, -0.15) is 0 Å². The van der Waals surface area contributed by atoms with Crippen molar-refractivity contribution in [1.29, 1.82) is 0 Å². The number of aldehydes is 1. The lowest BCUT2D eigenvalue weighted by atomic mass is 9.94. The van der Waals surface area contributed by atoms with Crippen molar-refractivity contribution >= 4 is 23.7 Å². The van der Waals surface area contributed by atoms with Crippen LogP contribution in [-0.2, 0) is 19.1 Å². The number of carbonyl (C=O) groups excluding carboxylic acids is 3. The monoisotopic (exact) mass is 305 g/mol. The molecule has 0 amide bonds. The summed E-state index contributed by atoms with van der Waals surface area (Å²) in [6.07, 6.45) is 0.574. The molecule has 0 aliphatic heterocycles. The van der Waals surface area contributed by atoms with E-state index in [2.05, 4.69) is 0 Å². The molecule has 0 bridgehead atoms. The van der Waals surface area contributed by atoms with E-state index in [9.17, 15) is 24.5 Å². The summed E-state index contributed by atoms with van der Waals surface area (Å²) in [5.41, 5.74) is -1.07. The number of non-ortho nitro benzene ring substituents is 1. The number of ketones is 1. The van der Waals surface area contributed by atoms with Crippen molar-refractivity contribution in [2.45, 2.75) is 19.8 Å². The SMILES string of the molecule is CCOC(=O)[C@]1(C(C)=O)[C@H](C=O)[C@H]1c1ccc([N+](=O)[O-])cc1. The van der Waals surface area contributed by atoms with Crippen LogP contribution in [0.3, 0.4) is 0 Å². The fourth-order valence-corrected chi connectivity index (χ4v) is 2.99. The molecule has 0 aromatic heterocycles. The highest BCUT2D eigenvalue weighted by atomic mass is 16.6. The van der Waals surface area contributed by atoms with Crippen molar-refractivity contribution in [3.05, 3.63) is 39.9 Å². The molecule has 1 aliphatic carbocycles. The molecule has 7 heteroatoms. The van der Waals surface area contributed by atoms with Gasteiger partial charge in [-0.1, -0.05) is 12.1 Å². The maximum atomic E-state index is 12.2. The lowest BCUT2D eigenvalue weighted by Crippen LogP contribution is -2.30. The van der Waals surface area contributed by atoms with E-state index in [4.69, 9.17) is 4.74 Å². The Labute approximate surface area is 126 Å². The first-order chi connectivity index (χ1) is 10.4. The normalized spacial score (nSPS) is 26.1. The van der Waals surface area contributed by atoms with Gasteiger partial charge in [-0.05, 0) is 19.4 Å². The first-order valence-corrected chi connectivity index (χ1v) is 6.79. The summed E-state index contributed by atoms with van der Waals surface area (Å²) in [4.78, 5) is 45.6. The molecule has 116 valence electrons. The number of Topliss-reactive ketones (excluding diaryl/α,β-unsaturated/α-hetero) is 1. The molecule has 1 fully saturated rings. The molecule has 0 unspecified atom stereocenters. The van der Waals surface area contributed by atoms with E-state index in [0.717, 1.165) is 0 Å². The van der Waals surface area contributed by atoms with Crippen molar-refractivity contribution < 1.29 is 24.0 Å². The molecule has 1 aromatic carbocycles. The van der Waals surface area contributed by atoms with Crippen molar-refractivity contribution in [2.75, 3.05) is 6.61 Å². The number of nitro groups is 1. The van der Waals surface area contributed by atoms with Crippen molar-refractivity contribution in [3.8, 4) is 0 Å². The number of nitro benzene ring substituents is 1. The number of nitrogens with zero attached hydrogens (tertiary/aromatic N) is 1. The second-order valence-corrected chi connectivity index (χ2v) is 5.13. The third-order valence-electron chi connectivity index (χ3n) is 4.07. The molecular weight excluding hydrogens is 290 g/mol. The number of hydrogen-bond donors (Lipinski definition) is 0. The topological polar surface area (TPSA) is 104 Å². The fraction of sp³-hybridized carbons (Fsp3) is 0.400. The zero-order valence-corrected chi connectivity index (χ0v) is 12.1. The van der Waals surface area contributed by atoms with E-state index in [-0.39, 0.29) is 12.3 Å². The summed E-state index contributed by atoms with van der Waals surface area (Å²) in [6.45, 7) is 2.97. The molecular formula is C15H15NO6. The van der Waals surface area contributed by atoms with Crippen molar-refractivity contribution in [1.82, 2.24) is 0 Å². The Hall–Kier alpha value is -2.57. The van der Waals surface area contributed by atoms with E-state index < -0.39 is 33.9 Å². The van der Waals surface area contributed by atoms with E-state index >= 15 is 0 Å². The van der Waals surface area contributed by atoms with E-state index in [1.807, 2.05) is 0 Å². The number of carbonyl (C=O) groups is 3. The van der Waals surface area contributed by atoms with Crippen LogP contribution in [-0.4, -0.2) is 29.6 Å². The first kappa shape index (κ1) is 15.8. The Morgan fingerprint density at radius 2 is 1.95 bits per heavy atom. The van der Waals surface area contributed by atoms with Gasteiger partial charge in [0.2, 0.25) is 0 Å². The minimum Gasteiger partial charge on any atom is -0.465 e. The second kappa shape index (κ2) is 5.67. The predicted octanol–water partition coefficient (Wildman–Crippen LogP) is 1.65. The van der Waals surface area contributed by atoms with E-state index in [1.54, 1.807) is 6.92 Å². The smallest absolute Gasteiger partial charge is 0.321 e. The van der Waals surface area contributed by atoms with Gasteiger partial charge in [0.25, 0.3) is 5.69 Å². The Morgan fingerprint density at radius 1 is 1.36 bits per heavy atom. The Morgan fingerprint density at radius 3 is 2.36 bits per heavy atom. The van der Waals surface area contributed by atoms with E-state index in [0.29, 0.717) is 11.8 Å². The zero-order valence-electron chi connectivity index (χ0n) is 12.1. The van der Waals surface area contributed by atoms with Gasteiger partial charge in [0, 0.05) is 24.0 Å². The maximum absolute atomic E-state index is 12.2. The molecule has 22 heavy (non-hydrogen) atoms. The number of hydrogen-bond acceptors (Lipinski definition) is 6. The Bertz CT molecular complexity index is 638. The molecule has 0 heterocycles. The minimum absolute atomic E-state index is 0.100. The standard InChI is InChI=1S/C15H15NO6/c1-3-22-14(19)15(9(2)18)12(8-17)13(15)10-4-6-11(7-5-10)16(20)21/h4-8,12-13H,3H2,1-2H3/t12-,13-,15-/m1/s1. The van der Waals surface area contributed by atoms with Crippen LogP contribution in [0.25, 0.3) is 0 Å². The summed E-state index contributed by atoms with van der Waals surface area (Å²) in [5.74, 6) is -2.60. The molecule has 0 N–H and O–H groups in total. The summed E-state index contributed by atoms with van der Waals surface area (Å²) < 4.78 is 4.95. The van der Waals surface area contributed by atoms with Crippen LogP contribution in [0.15, 0.2) is 24.3 Å². The molecule has 0 radical (unpaired) electrons. The Balaban J connectivity index is 2.41. The molecule has 0 saturated heterocycles. The quantitative estimate of drug-likeness (QED) is 0.260. The van der Waals surface area contributed by atoms with Crippen LogP contribution < -0.4 is 0 Å². The molecule has 3 atom stereocenters. The van der Waals surface area contributed by atoms with Crippen molar-refractivity contribution in [2.24, 2.45) is 11.3 Å². The Kier molecular flexibility index (Phi) is 4.07. The van der Waals surface area contributed by atoms with Crippen molar-refractivity contribution in [3.63, 3.8) is 0 Å². The highest BCUT2D eigenvalue weighted by molar-refractivity contribution is 6.11. The van der Waals surface area contributed by atoms with Crippen LogP contribution in [0.5, 0.6) is 0 Å². The lowest BCUT2D eigenvalue weighted by molar-refractivity contribution is -0.384. The van der Waals surface area contributed by atoms with Crippen LogP contribution in [0.4, 0.5) is 5.69 Å². The zero-order chi connectivity index (χ0) is 16.5. The molecule has 1 aliphatic rings. The molecule has 2 rings (SSSR count). The van der Waals surface area contributed by atoms with Gasteiger partial charge in [-0.3, -0.25) is 19.7 Å². The predicted molar refractivity (Wildman–Crippen MR) is 75.1 cm³/mol. The van der Waals surface area contributed by atoms with Gasteiger partial charge in [-0.25, -0.2) is 0 Å². The third kappa shape index (κ3) is 2.18. The minimum atomic E-state index is -1.51. The molecule has 7 nitrogen and oxygen atoms in total. The summed E-state index contributed by atoms with van der Waals surface area (Å²) >= 11 is 0. The second-order valence-electron chi connectivity index (χ2n) is 5.13. The highest BCUT2D eigenvalue weighted by Gasteiger charge is 2.74. The van der Waals surface area contributed by atoms with Gasteiger partial charge < -0.3 is 9.53 Å². The molecule has 1 saturated carbocycles. The van der Waals surface area contributed by atoms with Crippen LogP contribution in [0.1, 0.15) is 25.3 Å². The summed E-state index contributed by atoms with van der Waals surface area (Å²) in [5, 5.41) is 10.7. The summed E-state index contributed by atoms with van der Waals surface area (Å²) in [6, 6.07) is 5.49. The molecule has 1 aromatic rings. The van der Waals surface area contributed by atoms with E-state index in [1.165, 1.54) is 31.2 Å². The molecule has 0 spiro atoms. The first-order valence-electron chi connectivity index (χ1n) is 6.79. The van der Waals surface area contributed by atoms with Crippen LogP contribution in [0, 0.1) is 21.4 Å². The van der Waals surface area contributed by atoms with Gasteiger partial charge in [0.1, 0.15) is 17.5 Å². The maximum Gasteiger partial charge on any atom is 0.321 e. The third-order valence-corrected chi connectivity index (χ3v) is 4.07. The fourth-order valence-electron chi connectivity index (χ4n) is 2.99. The van der Waals surface area contributed by atoms with Gasteiger partial charge >= 0.3 is 5.97 Å². The van der Waals surface area contributed by atoms with Gasteiger partial charge in [0.15, 0.2) is 0 Å². The average Bonchev–Trinajstić information content (AvgIpc) is 3.18. The lowest BCUT2D eigenvalue weighted by Gasteiger charge is -2.12.